The highest BCUT2D eigenvalue weighted by molar-refractivity contribution is 5.88. The lowest BCUT2D eigenvalue weighted by molar-refractivity contribution is -0.119. The molecule has 0 fully saturated rings. The van der Waals surface area contributed by atoms with Gasteiger partial charge in [-0.2, -0.15) is 13.2 Å². The third-order valence-electron chi connectivity index (χ3n) is 3.72. The summed E-state index contributed by atoms with van der Waals surface area (Å²) >= 11 is 0. The Hall–Kier alpha value is -3.23. The molecule has 2 amide bonds. The summed E-state index contributed by atoms with van der Waals surface area (Å²) in [6.45, 7) is 5.44. The van der Waals surface area contributed by atoms with Gasteiger partial charge in [-0.15, -0.1) is 0 Å². The summed E-state index contributed by atoms with van der Waals surface area (Å²) in [4.78, 5) is 25.1. The molecule has 2 aromatic carbocycles. The molecule has 6 nitrogen and oxygen atoms in total. The van der Waals surface area contributed by atoms with E-state index in [1.165, 1.54) is 17.0 Å². The van der Waals surface area contributed by atoms with E-state index < -0.39 is 24.9 Å². The van der Waals surface area contributed by atoms with Crippen LogP contribution in [0.15, 0.2) is 60.7 Å². The standard InChI is InChI=1S/C12H14F3NO2.C11H15NO2/c1-9(2)18-11(17)16(8-12(13,14)15)10-6-4-3-5-7-10;1-9(2)14-11(13)12(3)10-7-5-4-6-8-10/h3-7,9H,8H2,1-2H3;4-9H,1-3H3. The van der Waals surface area contributed by atoms with Crippen molar-refractivity contribution in [2.45, 2.75) is 46.1 Å². The molecule has 2 rings (SSSR count). The second-order valence-corrected chi connectivity index (χ2v) is 7.30. The first-order valence-corrected chi connectivity index (χ1v) is 10.00. The molecule has 0 aliphatic rings. The Labute approximate surface area is 186 Å². The van der Waals surface area contributed by atoms with Crippen molar-refractivity contribution in [1.29, 1.82) is 0 Å². The van der Waals surface area contributed by atoms with E-state index in [0.29, 0.717) is 4.90 Å². The van der Waals surface area contributed by atoms with Crippen LogP contribution in [0.2, 0.25) is 0 Å². The first-order chi connectivity index (χ1) is 14.9. The lowest BCUT2D eigenvalue weighted by Gasteiger charge is -2.24. The average molecular weight is 454 g/mol. The third kappa shape index (κ3) is 10.2. The summed E-state index contributed by atoms with van der Waals surface area (Å²) in [5.74, 6) is 0. The van der Waals surface area contributed by atoms with Crippen molar-refractivity contribution in [3.05, 3.63) is 60.7 Å². The van der Waals surface area contributed by atoms with Gasteiger partial charge in [-0.05, 0) is 52.0 Å². The number of ether oxygens (including phenoxy) is 2. The minimum atomic E-state index is -4.48. The molecular weight excluding hydrogens is 425 g/mol. The number of para-hydroxylation sites is 2. The Morgan fingerprint density at radius 3 is 1.59 bits per heavy atom. The van der Waals surface area contributed by atoms with Crippen molar-refractivity contribution in [1.82, 2.24) is 0 Å². The van der Waals surface area contributed by atoms with Crippen LogP contribution in [0.4, 0.5) is 34.1 Å². The van der Waals surface area contributed by atoms with E-state index >= 15 is 0 Å². The minimum Gasteiger partial charge on any atom is -0.446 e. The SMILES string of the molecule is CC(C)OC(=O)N(C)c1ccccc1.CC(C)OC(=O)N(CC(F)(F)F)c1ccccc1. The Morgan fingerprint density at radius 2 is 1.19 bits per heavy atom. The average Bonchev–Trinajstić information content (AvgIpc) is 2.71. The predicted octanol–water partition coefficient (Wildman–Crippen LogP) is 6.27. The molecule has 0 unspecified atom stereocenters. The molecule has 0 saturated carbocycles. The summed E-state index contributed by atoms with van der Waals surface area (Å²) in [7, 11) is 1.69. The monoisotopic (exact) mass is 454 g/mol. The molecule has 0 aliphatic heterocycles. The lowest BCUT2D eigenvalue weighted by atomic mass is 10.3. The highest BCUT2D eigenvalue weighted by Gasteiger charge is 2.34. The number of carbonyl (C=O) groups is 2. The zero-order chi connectivity index (χ0) is 24.3. The normalized spacial score (nSPS) is 10.8. The fraction of sp³-hybridized carbons (Fsp3) is 0.391. The highest BCUT2D eigenvalue weighted by Crippen LogP contribution is 2.23. The van der Waals surface area contributed by atoms with E-state index in [-0.39, 0.29) is 17.9 Å². The Kier molecular flexibility index (Phi) is 10.5. The molecule has 0 aromatic heterocycles. The van der Waals surface area contributed by atoms with Crippen LogP contribution in [0.25, 0.3) is 0 Å². The first kappa shape index (κ1) is 26.8. The van der Waals surface area contributed by atoms with E-state index in [9.17, 15) is 22.8 Å². The first-order valence-electron chi connectivity index (χ1n) is 10.00. The fourth-order valence-corrected chi connectivity index (χ4v) is 2.35. The van der Waals surface area contributed by atoms with E-state index in [0.717, 1.165) is 5.69 Å². The molecule has 2 aromatic rings. The molecule has 0 atom stereocenters. The van der Waals surface area contributed by atoms with Gasteiger partial charge >= 0.3 is 18.4 Å². The number of amides is 2. The molecular formula is C23H29F3N2O4. The van der Waals surface area contributed by atoms with E-state index in [2.05, 4.69) is 0 Å². The summed E-state index contributed by atoms with van der Waals surface area (Å²) in [6, 6.07) is 17.0. The quantitative estimate of drug-likeness (QED) is 0.534. The fourth-order valence-electron chi connectivity index (χ4n) is 2.35. The number of nitrogens with zero attached hydrogens (tertiary/aromatic N) is 2. The van der Waals surface area contributed by atoms with Gasteiger partial charge in [0.05, 0.1) is 12.2 Å². The van der Waals surface area contributed by atoms with Crippen LogP contribution < -0.4 is 9.80 Å². The van der Waals surface area contributed by atoms with Gasteiger partial charge in [0.2, 0.25) is 0 Å². The summed E-state index contributed by atoms with van der Waals surface area (Å²) < 4.78 is 47.2. The number of anilines is 2. The molecule has 0 N–H and O–H groups in total. The van der Waals surface area contributed by atoms with Crippen LogP contribution in [0.5, 0.6) is 0 Å². The number of rotatable bonds is 5. The zero-order valence-corrected chi connectivity index (χ0v) is 18.8. The van der Waals surface area contributed by atoms with Crippen molar-refractivity contribution < 1.29 is 32.2 Å². The predicted molar refractivity (Wildman–Crippen MR) is 118 cm³/mol. The highest BCUT2D eigenvalue weighted by atomic mass is 19.4. The van der Waals surface area contributed by atoms with Gasteiger partial charge in [0.1, 0.15) is 6.54 Å². The molecule has 176 valence electrons. The van der Waals surface area contributed by atoms with Gasteiger partial charge < -0.3 is 9.47 Å². The van der Waals surface area contributed by atoms with Crippen LogP contribution in [0, 0.1) is 0 Å². The van der Waals surface area contributed by atoms with Gasteiger partial charge in [-0.1, -0.05) is 36.4 Å². The summed E-state index contributed by atoms with van der Waals surface area (Å²) in [5, 5.41) is 0. The molecule has 9 heteroatoms. The molecule has 0 aliphatic carbocycles. The zero-order valence-electron chi connectivity index (χ0n) is 18.8. The lowest BCUT2D eigenvalue weighted by Crippen LogP contribution is -2.40. The Bertz CT molecular complexity index is 828. The molecule has 0 bridgehead atoms. The van der Waals surface area contributed by atoms with Gasteiger partial charge in [-0.25, -0.2) is 9.59 Å². The second kappa shape index (κ2) is 12.6. The van der Waals surface area contributed by atoms with Gasteiger partial charge in [0, 0.05) is 18.4 Å². The molecule has 0 saturated heterocycles. The smallest absolute Gasteiger partial charge is 0.414 e. The molecule has 32 heavy (non-hydrogen) atoms. The van der Waals surface area contributed by atoms with Gasteiger partial charge in [0.15, 0.2) is 0 Å². The second-order valence-electron chi connectivity index (χ2n) is 7.30. The van der Waals surface area contributed by atoms with Gasteiger partial charge in [0.25, 0.3) is 0 Å². The van der Waals surface area contributed by atoms with Crippen LogP contribution in [0.1, 0.15) is 27.7 Å². The minimum absolute atomic E-state index is 0.0892. The maximum atomic E-state index is 12.4. The van der Waals surface area contributed by atoms with E-state index in [1.807, 2.05) is 44.2 Å². The molecule has 0 radical (unpaired) electrons. The Balaban J connectivity index is 0.000000330. The topological polar surface area (TPSA) is 59.1 Å². The van der Waals surface area contributed by atoms with Crippen molar-refractivity contribution in [2.75, 3.05) is 23.4 Å². The number of alkyl halides is 3. The number of halogens is 3. The van der Waals surface area contributed by atoms with Crippen LogP contribution in [0.3, 0.4) is 0 Å². The van der Waals surface area contributed by atoms with E-state index in [1.54, 1.807) is 39.1 Å². The summed E-state index contributed by atoms with van der Waals surface area (Å²) in [5.41, 5.74) is 0.985. The van der Waals surface area contributed by atoms with Crippen LogP contribution in [-0.2, 0) is 9.47 Å². The number of hydrogen-bond acceptors (Lipinski definition) is 4. The molecule has 0 heterocycles. The molecule has 0 spiro atoms. The number of benzene rings is 2. The van der Waals surface area contributed by atoms with Crippen molar-refractivity contribution in [3.63, 3.8) is 0 Å². The maximum absolute atomic E-state index is 12.4. The number of carbonyl (C=O) groups excluding carboxylic acids is 2. The third-order valence-corrected chi connectivity index (χ3v) is 3.72. The maximum Gasteiger partial charge on any atom is 0.414 e. The van der Waals surface area contributed by atoms with Gasteiger partial charge in [-0.3, -0.25) is 9.80 Å². The van der Waals surface area contributed by atoms with Crippen molar-refractivity contribution >= 4 is 23.6 Å². The van der Waals surface area contributed by atoms with Crippen molar-refractivity contribution in [3.8, 4) is 0 Å². The van der Waals surface area contributed by atoms with Crippen molar-refractivity contribution in [2.24, 2.45) is 0 Å². The van der Waals surface area contributed by atoms with Crippen LogP contribution >= 0.6 is 0 Å². The Morgan fingerprint density at radius 1 is 0.781 bits per heavy atom. The van der Waals surface area contributed by atoms with Crippen LogP contribution in [-0.4, -0.2) is 44.2 Å². The summed E-state index contributed by atoms with van der Waals surface area (Å²) in [6.07, 6.45) is -6.38. The van der Waals surface area contributed by atoms with E-state index in [4.69, 9.17) is 9.47 Å². The number of hydrogen-bond donors (Lipinski definition) is 0. The largest absolute Gasteiger partial charge is 0.446 e.